The highest BCUT2D eigenvalue weighted by Crippen LogP contribution is 2.34. The summed E-state index contributed by atoms with van der Waals surface area (Å²) >= 11 is 0. The number of hydrogen-bond donors (Lipinski definition) is 5. The molecule has 0 saturated heterocycles. The van der Waals surface area contributed by atoms with Crippen LogP contribution in [0.5, 0.6) is 28.7 Å². The molecule has 24 heavy (non-hydrogen) atoms. The van der Waals surface area contributed by atoms with E-state index in [1.54, 1.807) is 0 Å². The third-order valence-electron chi connectivity index (χ3n) is 3.50. The highest BCUT2D eigenvalue weighted by molar-refractivity contribution is 5.77. The maximum absolute atomic E-state index is 10.1. The predicted octanol–water partition coefficient (Wildman–Crippen LogP) is 3.89. The van der Waals surface area contributed by atoms with Gasteiger partial charge in [-0.05, 0) is 44.0 Å². The van der Waals surface area contributed by atoms with Gasteiger partial charge in [-0.25, -0.2) is 0 Å². The molecule has 0 bridgehead atoms. The van der Waals surface area contributed by atoms with Crippen molar-refractivity contribution >= 4 is 12.2 Å². The van der Waals surface area contributed by atoms with Crippen molar-refractivity contribution in [3.8, 4) is 28.7 Å². The van der Waals surface area contributed by atoms with Crippen molar-refractivity contribution in [1.82, 2.24) is 0 Å². The van der Waals surface area contributed by atoms with Crippen LogP contribution in [0.2, 0.25) is 0 Å². The molecule has 0 spiro atoms. The maximum Gasteiger partial charge on any atom is 0.130 e. The van der Waals surface area contributed by atoms with Gasteiger partial charge in [-0.2, -0.15) is 0 Å². The van der Waals surface area contributed by atoms with Gasteiger partial charge < -0.3 is 25.5 Å². The number of allylic oxidation sites excluding steroid dienone is 2. The molecule has 2 aromatic rings. The summed E-state index contributed by atoms with van der Waals surface area (Å²) in [6.07, 6.45) is 5.27. The molecular formula is C19H20O5. The van der Waals surface area contributed by atoms with Crippen molar-refractivity contribution in [1.29, 1.82) is 0 Å². The van der Waals surface area contributed by atoms with Crippen LogP contribution in [0.1, 0.15) is 30.5 Å². The third kappa shape index (κ3) is 4.01. The Labute approximate surface area is 140 Å². The van der Waals surface area contributed by atoms with Crippen LogP contribution in [0, 0.1) is 0 Å². The van der Waals surface area contributed by atoms with Crippen molar-refractivity contribution in [3.05, 3.63) is 52.6 Å². The molecule has 0 radical (unpaired) electrons. The molecule has 0 saturated carbocycles. The number of aromatic hydroxyl groups is 5. The van der Waals surface area contributed by atoms with E-state index in [0.717, 1.165) is 17.7 Å². The molecule has 5 heteroatoms. The molecule has 0 aliphatic carbocycles. The molecule has 5 nitrogen and oxygen atoms in total. The number of benzene rings is 2. The second-order valence-corrected chi connectivity index (χ2v) is 5.75. The van der Waals surface area contributed by atoms with E-state index >= 15 is 0 Å². The third-order valence-corrected chi connectivity index (χ3v) is 3.50. The Morgan fingerprint density at radius 2 is 1.33 bits per heavy atom. The smallest absolute Gasteiger partial charge is 0.130 e. The van der Waals surface area contributed by atoms with Crippen LogP contribution in [0.3, 0.4) is 0 Å². The zero-order valence-electron chi connectivity index (χ0n) is 13.5. The average Bonchev–Trinajstić information content (AvgIpc) is 2.44. The van der Waals surface area contributed by atoms with Gasteiger partial charge in [0.15, 0.2) is 0 Å². The second-order valence-electron chi connectivity index (χ2n) is 5.75. The topological polar surface area (TPSA) is 101 Å². The van der Waals surface area contributed by atoms with Gasteiger partial charge in [-0.15, -0.1) is 0 Å². The van der Waals surface area contributed by atoms with Crippen LogP contribution >= 0.6 is 0 Å². The average molecular weight is 328 g/mol. The zero-order valence-corrected chi connectivity index (χ0v) is 13.5. The summed E-state index contributed by atoms with van der Waals surface area (Å²) in [4.78, 5) is 0. The summed E-state index contributed by atoms with van der Waals surface area (Å²) in [5.41, 5.74) is 2.14. The van der Waals surface area contributed by atoms with E-state index in [1.165, 1.54) is 24.3 Å². The number of phenolic OH excluding ortho intramolecular Hbond substituents is 5. The first kappa shape index (κ1) is 17.3. The van der Waals surface area contributed by atoms with E-state index in [0.29, 0.717) is 17.5 Å². The molecule has 2 aromatic carbocycles. The Morgan fingerprint density at radius 1 is 0.792 bits per heavy atom. The zero-order chi connectivity index (χ0) is 17.9. The lowest BCUT2D eigenvalue weighted by atomic mass is 10.0. The van der Waals surface area contributed by atoms with Crippen molar-refractivity contribution < 1.29 is 25.5 Å². The van der Waals surface area contributed by atoms with E-state index in [1.807, 2.05) is 19.9 Å². The van der Waals surface area contributed by atoms with E-state index in [4.69, 9.17) is 0 Å². The van der Waals surface area contributed by atoms with Crippen LogP contribution < -0.4 is 0 Å². The summed E-state index contributed by atoms with van der Waals surface area (Å²) < 4.78 is 0. The van der Waals surface area contributed by atoms with E-state index < -0.39 is 0 Å². The SMILES string of the molecule is CC(C)=CCc1c(O)cc(/C=C/c2c(O)cc(O)cc2O)cc1O. The minimum absolute atomic E-state index is 0.0358. The first-order chi connectivity index (χ1) is 11.3. The summed E-state index contributed by atoms with van der Waals surface area (Å²) in [7, 11) is 0. The quantitative estimate of drug-likeness (QED) is 0.433. The highest BCUT2D eigenvalue weighted by atomic mass is 16.3. The van der Waals surface area contributed by atoms with E-state index in [9.17, 15) is 25.5 Å². The largest absolute Gasteiger partial charge is 0.508 e. The van der Waals surface area contributed by atoms with Gasteiger partial charge in [-0.1, -0.05) is 17.7 Å². The van der Waals surface area contributed by atoms with Gasteiger partial charge in [0.25, 0.3) is 0 Å². The first-order valence-corrected chi connectivity index (χ1v) is 7.39. The lowest BCUT2D eigenvalue weighted by molar-refractivity contribution is 0.426. The molecule has 0 heterocycles. The minimum atomic E-state index is -0.280. The fourth-order valence-electron chi connectivity index (χ4n) is 2.23. The highest BCUT2D eigenvalue weighted by Gasteiger charge is 2.09. The summed E-state index contributed by atoms with van der Waals surface area (Å²) in [6.45, 7) is 3.86. The lowest BCUT2D eigenvalue weighted by Crippen LogP contribution is -1.87. The lowest BCUT2D eigenvalue weighted by Gasteiger charge is -2.08. The molecule has 0 amide bonds. The van der Waals surface area contributed by atoms with Gasteiger partial charge in [0.1, 0.15) is 28.7 Å². The van der Waals surface area contributed by atoms with Crippen LogP contribution in [-0.4, -0.2) is 25.5 Å². The Kier molecular flexibility index (Phi) is 5.04. The molecule has 0 aromatic heterocycles. The Morgan fingerprint density at radius 3 is 1.83 bits per heavy atom. The van der Waals surface area contributed by atoms with Crippen molar-refractivity contribution in [2.45, 2.75) is 20.3 Å². The molecule has 5 N–H and O–H groups in total. The summed E-state index contributed by atoms with van der Waals surface area (Å²) in [6, 6.07) is 5.19. The van der Waals surface area contributed by atoms with Crippen molar-refractivity contribution in [2.24, 2.45) is 0 Å². The Bertz CT molecular complexity index is 768. The standard InChI is InChI=1S/C19H20O5/c1-11(2)3-5-14-16(21)7-12(8-17(14)22)4-6-15-18(23)9-13(20)10-19(15)24/h3-4,6-10,20-24H,5H2,1-2H3/b6-4+. The molecular weight excluding hydrogens is 308 g/mol. The van der Waals surface area contributed by atoms with Crippen molar-refractivity contribution in [3.63, 3.8) is 0 Å². The van der Waals surface area contributed by atoms with Gasteiger partial charge in [0, 0.05) is 17.7 Å². The number of rotatable bonds is 4. The fourth-order valence-corrected chi connectivity index (χ4v) is 2.23. The van der Waals surface area contributed by atoms with Crippen LogP contribution in [0.25, 0.3) is 12.2 Å². The summed E-state index contributed by atoms with van der Waals surface area (Å²) in [5.74, 6) is -0.881. The Hall–Kier alpha value is -3.08. The first-order valence-electron chi connectivity index (χ1n) is 7.39. The van der Waals surface area contributed by atoms with Crippen LogP contribution in [0.15, 0.2) is 35.9 Å². The predicted molar refractivity (Wildman–Crippen MR) is 93.3 cm³/mol. The Balaban J connectivity index is 2.33. The number of hydrogen-bond acceptors (Lipinski definition) is 5. The molecule has 0 aliphatic heterocycles. The summed E-state index contributed by atoms with van der Waals surface area (Å²) in [5, 5.41) is 48.9. The second kappa shape index (κ2) is 7.00. The molecule has 2 rings (SSSR count). The monoisotopic (exact) mass is 328 g/mol. The minimum Gasteiger partial charge on any atom is -0.508 e. The number of phenols is 5. The molecule has 126 valence electrons. The van der Waals surface area contributed by atoms with Gasteiger partial charge in [-0.3, -0.25) is 0 Å². The van der Waals surface area contributed by atoms with Gasteiger partial charge >= 0.3 is 0 Å². The molecule has 0 atom stereocenters. The molecule has 0 unspecified atom stereocenters. The van der Waals surface area contributed by atoms with Crippen molar-refractivity contribution in [2.75, 3.05) is 0 Å². The van der Waals surface area contributed by atoms with Gasteiger partial charge in [0.2, 0.25) is 0 Å². The molecule has 0 aliphatic rings. The van der Waals surface area contributed by atoms with Crippen LogP contribution in [0.4, 0.5) is 0 Å². The maximum atomic E-state index is 10.1. The van der Waals surface area contributed by atoms with E-state index in [-0.39, 0.29) is 34.3 Å². The normalized spacial score (nSPS) is 10.9. The molecule has 0 fully saturated rings. The van der Waals surface area contributed by atoms with Crippen LogP contribution in [-0.2, 0) is 6.42 Å². The fraction of sp³-hybridized carbons (Fsp3) is 0.158. The van der Waals surface area contributed by atoms with E-state index in [2.05, 4.69) is 0 Å². The van der Waals surface area contributed by atoms with Gasteiger partial charge in [0.05, 0.1) is 5.56 Å².